The summed E-state index contributed by atoms with van der Waals surface area (Å²) in [6.45, 7) is 5.65. The minimum absolute atomic E-state index is 0.229. The molecule has 0 aromatic heterocycles. The number of anilines is 1. The fraction of sp³-hybridized carbons (Fsp3) is 0.667. The zero-order chi connectivity index (χ0) is 17.5. The molecule has 0 spiro atoms. The van der Waals surface area contributed by atoms with Crippen molar-refractivity contribution in [3.63, 3.8) is 0 Å². The van der Waals surface area contributed by atoms with Crippen LogP contribution in [-0.4, -0.2) is 26.2 Å². The summed E-state index contributed by atoms with van der Waals surface area (Å²) in [5.41, 5.74) is 2.75. The van der Waals surface area contributed by atoms with E-state index in [2.05, 4.69) is 42.2 Å². The molecule has 0 radical (unpaired) electrons. The third-order valence-corrected chi connectivity index (χ3v) is 6.75. The van der Waals surface area contributed by atoms with E-state index in [1.54, 1.807) is 25.8 Å². The highest BCUT2D eigenvalue weighted by Crippen LogP contribution is 2.41. The van der Waals surface area contributed by atoms with Gasteiger partial charge >= 0.3 is 0 Å². The van der Waals surface area contributed by atoms with E-state index in [0.29, 0.717) is 0 Å². The highest BCUT2D eigenvalue weighted by molar-refractivity contribution is 7.99. The first kappa shape index (κ1) is 20.4. The Bertz CT molecular complexity index is 553. The highest BCUT2D eigenvalue weighted by Gasteiger charge is 2.26. The molecule has 2 unspecified atom stereocenters. The van der Waals surface area contributed by atoms with Gasteiger partial charge in [-0.05, 0) is 56.2 Å². The molecule has 0 bridgehead atoms. The van der Waals surface area contributed by atoms with Gasteiger partial charge in [-0.25, -0.2) is 8.42 Å². The molecule has 0 aliphatic heterocycles. The Morgan fingerprint density at radius 3 is 2.22 bits per heavy atom. The lowest BCUT2D eigenvalue weighted by molar-refractivity contribution is 0.470. The summed E-state index contributed by atoms with van der Waals surface area (Å²) in [5.74, 6) is 1.73. The largest absolute Gasteiger partial charge is 0.330 e. The Kier molecular flexibility index (Phi) is 8.48. The predicted molar refractivity (Wildman–Crippen MR) is 104 cm³/mol. The van der Waals surface area contributed by atoms with Crippen molar-refractivity contribution in [2.45, 2.75) is 57.6 Å². The quantitative estimate of drug-likeness (QED) is 0.744. The number of hydrogen-bond acceptors (Lipinski definition) is 4. The van der Waals surface area contributed by atoms with Gasteiger partial charge in [-0.15, -0.1) is 0 Å². The molecule has 1 fully saturated rings. The maximum Gasteiger partial charge on any atom is 0.149 e. The van der Waals surface area contributed by atoms with Crippen LogP contribution in [0.2, 0.25) is 0 Å². The van der Waals surface area contributed by atoms with Gasteiger partial charge in [-0.1, -0.05) is 43.8 Å². The van der Waals surface area contributed by atoms with E-state index in [4.69, 9.17) is 0 Å². The van der Waals surface area contributed by atoms with Crippen LogP contribution in [0.3, 0.4) is 0 Å². The third-order valence-electron chi connectivity index (χ3n) is 4.60. The first-order valence-corrected chi connectivity index (χ1v) is 11.5. The average molecular weight is 358 g/mol. The van der Waals surface area contributed by atoms with Crippen LogP contribution < -0.4 is 4.72 Å². The molecule has 5 heteroatoms. The molecule has 1 aromatic carbocycles. The monoisotopic (exact) mass is 357 g/mol. The zero-order valence-electron chi connectivity index (χ0n) is 15.0. The molecule has 1 N–H and O–H groups in total. The van der Waals surface area contributed by atoms with E-state index >= 15 is 0 Å². The van der Waals surface area contributed by atoms with Crippen LogP contribution in [0.25, 0.3) is 0 Å². The van der Waals surface area contributed by atoms with Crippen molar-refractivity contribution in [3.05, 3.63) is 29.8 Å². The Balaban J connectivity index is 0.000000322. The van der Waals surface area contributed by atoms with Gasteiger partial charge in [0.25, 0.3) is 0 Å². The number of sulfone groups is 1. The van der Waals surface area contributed by atoms with Gasteiger partial charge in [0.05, 0.1) is 5.25 Å². The summed E-state index contributed by atoms with van der Waals surface area (Å²) in [5, 5.41) is -0.229. The van der Waals surface area contributed by atoms with E-state index in [0.717, 1.165) is 11.8 Å². The Morgan fingerprint density at radius 1 is 1.22 bits per heavy atom. The Hall–Kier alpha value is -0.680. The molecule has 132 valence electrons. The van der Waals surface area contributed by atoms with E-state index in [1.165, 1.54) is 43.2 Å². The minimum Gasteiger partial charge on any atom is -0.330 e. The summed E-state index contributed by atoms with van der Waals surface area (Å²) in [7, 11) is -2.74. The molecule has 1 saturated carbocycles. The van der Waals surface area contributed by atoms with Crippen LogP contribution in [0.1, 0.15) is 57.9 Å². The number of benzene rings is 1. The fourth-order valence-corrected chi connectivity index (χ4v) is 3.25. The summed E-state index contributed by atoms with van der Waals surface area (Å²) < 4.78 is 23.9. The van der Waals surface area contributed by atoms with Crippen LogP contribution in [0.5, 0.6) is 0 Å². The molecule has 2 atom stereocenters. The average Bonchev–Trinajstić information content (AvgIpc) is 2.96. The predicted octanol–water partition coefficient (Wildman–Crippen LogP) is 5.11. The van der Waals surface area contributed by atoms with Gasteiger partial charge in [0, 0.05) is 18.2 Å². The van der Waals surface area contributed by atoms with E-state index in [9.17, 15) is 8.42 Å². The molecule has 2 rings (SSSR count). The molecular weight excluding hydrogens is 326 g/mol. The van der Waals surface area contributed by atoms with Crippen molar-refractivity contribution in [1.82, 2.24) is 0 Å². The molecule has 0 amide bonds. The molecule has 1 aliphatic carbocycles. The van der Waals surface area contributed by atoms with E-state index < -0.39 is 9.84 Å². The normalized spacial score (nSPS) is 21.0. The fourth-order valence-electron chi connectivity index (χ4n) is 2.88. The minimum atomic E-state index is -2.74. The second kappa shape index (κ2) is 9.58. The summed E-state index contributed by atoms with van der Waals surface area (Å²) >= 11 is 1.65. The first-order chi connectivity index (χ1) is 10.8. The molecule has 1 aliphatic rings. The Morgan fingerprint density at radius 2 is 1.78 bits per heavy atom. The standard InChI is InChI=1S/C14H21NS.C4H10O2S/c1-3-11-5-4-6-14(11)12-7-9-13(10-8-12)15-16-2;1-4(2)7(3,5)6/h7-11,14-15H,3-6H2,1-2H3;4H,1-3H3. The number of hydrogen-bond donors (Lipinski definition) is 1. The van der Waals surface area contributed by atoms with Crippen molar-refractivity contribution in [1.29, 1.82) is 0 Å². The van der Waals surface area contributed by atoms with Crippen LogP contribution in [0, 0.1) is 5.92 Å². The molecule has 23 heavy (non-hydrogen) atoms. The van der Waals surface area contributed by atoms with Crippen molar-refractivity contribution >= 4 is 27.5 Å². The highest BCUT2D eigenvalue weighted by atomic mass is 32.2. The molecular formula is C18H31NO2S2. The third kappa shape index (κ3) is 6.76. The SMILES string of the molecule is CC(C)S(C)(=O)=O.CCC1CCCC1c1ccc(NSC)cc1. The van der Waals surface area contributed by atoms with Gasteiger partial charge < -0.3 is 4.72 Å². The van der Waals surface area contributed by atoms with E-state index in [1.807, 2.05) is 0 Å². The maximum absolute atomic E-state index is 10.3. The first-order valence-electron chi connectivity index (χ1n) is 8.37. The lowest BCUT2D eigenvalue weighted by Gasteiger charge is -2.18. The summed E-state index contributed by atoms with van der Waals surface area (Å²) in [6.07, 6.45) is 8.83. The number of nitrogens with one attached hydrogen (secondary N) is 1. The second-order valence-corrected chi connectivity index (χ2v) is 9.73. The van der Waals surface area contributed by atoms with Gasteiger partial charge in [0.15, 0.2) is 0 Å². The van der Waals surface area contributed by atoms with Gasteiger partial charge in [0.1, 0.15) is 9.84 Å². The van der Waals surface area contributed by atoms with Crippen LogP contribution >= 0.6 is 11.9 Å². The lowest BCUT2D eigenvalue weighted by Crippen LogP contribution is -2.10. The second-order valence-electron chi connectivity index (χ2n) is 6.51. The van der Waals surface area contributed by atoms with Crippen molar-refractivity contribution in [2.24, 2.45) is 5.92 Å². The van der Waals surface area contributed by atoms with Gasteiger partial charge in [-0.2, -0.15) is 0 Å². The van der Waals surface area contributed by atoms with Gasteiger partial charge in [0.2, 0.25) is 0 Å². The molecule has 0 saturated heterocycles. The van der Waals surface area contributed by atoms with Crippen LogP contribution in [0.15, 0.2) is 24.3 Å². The Labute approximate surface area is 146 Å². The summed E-state index contributed by atoms with van der Waals surface area (Å²) in [4.78, 5) is 0. The molecule has 3 nitrogen and oxygen atoms in total. The number of rotatable bonds is 5. The maximum atomic E-state index is 10.3. The van der Waals surface area contributed by atoms with Crippen molar-refractivity contribution in [2.75, 3.05) is 17.2 Å². The van der Waals surface area contributed by atoms with Crippen LogP contribution in [0.4, 0.5) is 5.69 Å². The summed E-state index contributed by atoms with van der Waals surface area (Å²) in [6, 6.07) is 9.02. The topological polar surface area (TPSA) is 46.2 Å². The van der Waals surface area contributed by atoms with Crippen molar-refractivity contribution < 1.29 is 8.42 Å². The smallest absolute Gasteiger partial charge is 0.149 e. The van der Waals surface area contributed by atoms with Crippen LogP contribution in [-0.2, 0) is 9.84 Å². The molecule has 0 heterocycles. The molecule has 1 aromatic rings. The lowest BCUT2D eigenvalue weighted by atomic mass is 9.87. The zero-order valence-corrected chi connectivity index (χ0v) is 16.6. The van der Waals surface area contributed by atoms with Gasteiger partial charge in [-0.3, -0.25) is 0 Å². The van der Waals surface area contributed by atoms with Crippen molar-refractivity contribution in [3.8, 4) is 0 Å². The van der Waals surface area contributed by atoms with E-state index in [-0.39, 0.29) is 5.25 Å².